The van der Waals surface area contributed by atoms with E-state index in [0.717, 1.165) is 4.90 Å². The normalized spacial score (nSPS) is 11.6. The summed E-state index contributed by atoms with van der Waals surface area (Å²) < 4.78 is 4.50. The zero-order valence-corrected chi connectivity index (χ0v) is 7.98. The first-order chi connectivity index (χ1) is 6.34. The maximum absolute atomic E-state index is 11.0. The van der Waals surface area contributed by atoms with Gasteiger partial charge in [0, 0.05) is 7.05 Å². The second-order valence-corrected chi connectivity index (χ2v) is 2.71. The highest BCUT2D eigenvalue weighted by Crippen LogP contribution is 1.93. The number of nitrogens with one attached hydrogen (secondary N) is 1. The third-order valence-electron chi connectivity index (χ3n) is 1.43. The first-order valence-electron chi connectivity index (χ1n) is 3.82. The number of carbonyl (C=O) groups is 2. The number of nitrogens with zero attached hydrogens (tertiary/aromatic N) is 1. The van der Waals surface area contributed by atoms with Gasteiger partial charge in [-0.15, -0.1) is 0 Å². The Bertz CT molecular complexity index is 229. The van der Waals surface area contributed by atoms with Crippen molar-refractivity contribution in [2.45, 2.75) is 13.0 Å². The van der Waals surface area contributed by atoms with E-state index in [1.54, 1.807) is 0 Å². The molecule has 0 aliphatic heterocycles. The second-order valence-electron chi connectivity index (χ2n) is 2.71. The van der Waals surface area contributed by atoms with Crippen LogP contribution in [0.1, 0.15) is 6.92 Å². The number of likely N-dealkylation sites (N-methyl/N-ethyl adjacent to an activating group) is 1. The summed E-state index contributed by atoms with van der Waals surface area (Å²) in [7, 11) is 1.43. The second kappa shape index (κ2) is 5.05. The molecular formula is C7H13N3O4. The average Bonchev–Trinajstić information content (AvgIpc) is 2.03. The van der Waals surface area contributed by atoms with Crippen molar-refractivity contribution in [2.24, 2.45) is 5.73 Å². The van der Waals surface area contributed by atoms with Crippen LogP contribution in [0.5, 0.6) is 0 Å². The molecule has 0 aliphatic rings. The Morgan fingerprint density at radius 2 is 2.14 bits per heavy atom. The maximum atomic E-state index is 11.0. The van der Waals surface area contributed by atoms with Gasteiger partial charge >= 0.3 is 11.9 Å². The SMILES string of the molecule is CC(OC(=O)CN(C)C(=N)N)C(=O)O. The van der Waals surface area contributed by atoms with Gasteiger partial charge in [-0.25, -0.2) is 4.79 Å². The highest BCUT2D eigenvalue weighted by Gasteiger charge is 2.17. The molecule has 0 radical (unpaired) electrons. The minimum atomic E-state index is -1.22. The van der Waals surface area contributed by atoms with E-state index in [1.807, 2.05) is 0 Å². The predicted molar refractivity (Wildman–Crippen MR) is 47.7 cm³/mol. The number of guanidine groups is 1. The van der Waals surface area contributed by atoms with E-state index in [4.69, 9.17) is 16.2 Å². The van der Waals surface area contributed by atoms with E-state index in [0.29, 0.717) is 0 Å². The highest BCUT2D eigenvalue weighted by molar-refractivity contribution is 5.82. The summed E-state index contributed by atoms with van der Waals surface area (Å²) >= 11 is 0. The van der Waals surface area contributed by atoms with Crippen LogP contribution in [-0.2, 0) is 14.3 Å². The molecule has 7 heteroatoms. The monoisotopic (exact) mass is 203 g/mol. The van der Waals surface area contributed by atoms with Crippen LogP contribution in [0, 0.1) is 5.41 Å². The molecule has 0 saturated carbocycles. The molecule has 0 bridgehead atoms. The molecule has 0 spiro atoms. The summed E-state index contributed by atoms with van der Waals surface area (Å²) in [4.78, 5) is 22.4. The average molecular weight is 203 g/mol. The third-order valence-corrected chi connectivity index (χ3v) is 1.43. The third kappa shape index (κ3) is 4.29. The van der Waals surface area contributed by atoms with Crippen LogP contribution in [-0.4, -0.2) is 47.6 Å². The molecule has 0 amide bonds. The fraction of sp³-hybridized carbons (Fsp3) is 0.571. The number of esters is 1. The van der Waals surface area contributed by atoms with Gasteiger partial charge in [0.05, 0.1) is 0 Å². The molecule has 1 unspecified atom stereocenters. The zero-order valence-electron chi connectivity index (χ0n) is 7.98. The van der Waals surface area contributed by atoms with E-state index in [1.165, 1.54) is 14.0 Å². The number of carboxylic acid groups (broad SMARTS) is 1. The van der Waals surface area contributed by atoms with E-state index in [-0.39, 0.29) is 12.5 Å². The number of ether oxygens (including phenoxy) is 1. The Balaban J connectivity index is 3.99. The molecule has 0 rings (SSSR count). The fourth-order valence-corrected chi connectivity index (χ4v) is 0.564. The van der Waals surface area contributed by atoms with Crippen LogP contribution in [0.2, 0.25) is 0 Å². The number of hydrogen-bond donors (Lipinski definition) is 3. The summed E-state index contributed by atoms with van der Waals surface area (Å²) in [6, 6.07) is 0. The lowest BCUT2D eigenvalue weighted by Gasteiger charge is -2.16. The molecule has 14 heavy (non-hydrogen) atoms. The molecule has 0 heterocycles. The van der Waals surface area contributed by atoms with Gasteiger partial charge in [0.15, 0.2) is 12.1 Å². The van der Waals surface area contributed by atoms with Gasteiger partial charge in [-0.05, 0) is 6.92 Å². The van der Waals surface area contributed by atoms with Crippen molar-refractivity contribution in [3.05, 3.63) is 0 Å². The van der Waals surface area contributed by atoms with Crippen molar-refractivity contribution in [3.8, 4) is 0 Å². The standard InChI is InChI=1S/C7H13N3O4/c1-4(6(12)13)14-5(11)3-10(2)7(8)9/h4H,3H2,1-2H3,(H3,8,9)(H,12,13). The van der Waals surface area contributed by atoms with Gasteiger partial charge in [-0.1, -0.05) is 0 Å². The van der Waals surface area contributed by atoms with E-state index >= 15 is 0 Å². The molecule has 0 saturated heterocycles. The highest BCUT2D eigenvalue weighted by atomic mass is 16.6. The van der Waals surface area contributed by atoms with Crippen LogP contribution in [0.25, 0.3) is 0 Å². The lowest BCUT2D eigenvalue weighted by molar-refractivity contribution is -0.162. The van der Waals surface area contributed by atoms with Gasteiger partial charge in [0.25, 0.3) is 0 Å². The summed E-state index contributed by atoms with van der Waals surface area (Å²) in [5.74, 6) is -2.24. The number of nitrogens with two attached hydrogens (primary N) is 1. The van der Waals surface area contributed by atoms with Crippen molar-refractivity contribution in [1.82, 2.24) is 4.90 Å². The van der Waals surface area contributed by atoms with Crippen LogP contribution < -0.4 is 5.73 Å². The Labute approximate surface area is 80.9 Å². The maximum Gasteiger partial charge on any atom is 0.344 e. The molecule has 0 aromatic carbocycles. The van der Waals surface area contributed by atoms with Gasteiger partial charge in [-0.2, -0.15) is 0 Å². The van der Waals surface area contributed by atoms with Crippen LogP contribution in [0.15, 0.2) is 0 Å². The van der Waals surface area contributed by atoms with Crippen molar-refractivity contribution in [3.63, 3.8) is 0 Å². The number of aliphatic carboxylic acids is 1. The van der Waals surface area contributed by atoms with Crippen LogP contribution >= 0.6 is 0 Å². The number of carbonyl (C=O) groups excluding carboxylic acids is 1. The molecule has 0 aromatic rings. The van der Waals surface area contributed by atoms with Crippen LogP contribution in [0.4, 0.5) is 0 Å². The molecule has 0 fully saturated rings. The van der Waals surface area contributed by atoms with Crippen molar-refractivity contribution in [1.29, 1.82) is 5.41 Å². The van der Waals surface area contributed by atoms with Gasteiger partial charge in [-0.3, -0.25) is 10.2 Å². The molecule has 0 aromatic heterocycles. The molecular weight excluding hydrogens is 190 g/mol. The Morgan fingerprint density at radius 3 is 2.50 bits per heavy atom. The molecule has 80 valence electrons. The van der Waals surface area contributed by atoms with E-state index < -0.39 is 18.0 Å². The van der Waals surface area contributed by atoms with E-state index in [9.17, 15) is 9.59 Å². The number of hydrogen-bond acceptors (Lipinski definition) is 4. The van der Waals surface area contributed by atoms with Gasteiger partial charge in [0.1, 0.15) is 6.54 Å². The summed E-state index contributed by atoms with van der Waals surface area (Å²) in [5.41, 5.74) is 5.06. The molecule has 7 nitrogen and oxygen atoms in total. The van der Waals surface area contributed by atoms with Crippen molar-refractivity contribution >= 4 is 17.9 Å². The van der Waals surface area contributed by atoms with Crippen molar-refractivity contribution in [2.75, 3.05) is 13.6 Å². The molecule has 1 atom stereocenters. The Hall–Kier alpha value is -1.79. The smallest absolute Gasteiger partial charge is 0.344 e. The summed E-state index contributed by atoms with van der Waals surface area (Å²) in [5, 5.41) is 15.4. The first kappa shape index (κ1) is 12.2. The van der Waals surface area contributed by atoms with Crippen molar-refractivity contribution < 1.29 is 19.4 Å². The zero-order chi connectivity index (χ0) is 11.3. The van der Waals surface area contributed by atoms with Crippen LogP contribution in [0.3, 0.4) is 0 Å². The fourth-order valence-electron chi connectivity index (χ4n) is 0.564. The molecule has 0 aliphatic carbocycles. The summed E-state index contributed by atoms with van der Waals surface area (Å²) in [6.45, 7) is 1.00. The largest absolute Gasteiger partial charge is 0.479 e. The lowest BCUT2D eigenvalue weighted by atomic mass is 10.4. The minimum Gasteiger partial charge on any atom is -0.479 e. The topological polar surface area (TPSA) is 117 Å². The first-order valence-corrected chi connectivity index (χ1v) is 3.82. The lowest BCUT2D eigenvalue weighted by Crippen LogP contribution is -2.38. The minimum absolute atomic E-state index is 0.243. The predicted octanol–water partition coefficient (Wildman–Crippen LogP) is -1.17. The Morgan fingerprint density at radius 1 is 1.64 bits per heavy atom. The number of carboxylic acids is 1. The Kier molecular flexibility index (Phi) is 4.41. The molecule has 4 N–H and O–H groups in total. The van der Waals surface area contributed by atoms with Gasteiger partial charge < -0.3 is 20.5 Å². The van der Waals surface area contributed by atoms with E-state index in [2.05, 4.69) is 4.74 Å². The number of rotatable bonds is 4. The quantitative estimate of drug-likeness (QED) is 0.301. The summed E-state index contributed by atoms with van der Waals surface area (Å²) in [6.07, 6.45) is -1.19. The van der Waals surface area contributed by atoms with Gasteiger partial charge in [0.2, 0.25) is 0 Å².